The molecular formula is C16H21N3O3. The van der Waals surface area contributed by atoms with Crippen LogP contribution in [0.4, 0.5) is 0 Å². The van der Waals surface area contributed by atoms with Crippen molar-refractivity contribution in [2.45, 2.75) is 37.9 Å². The van der Waals surface area contributed by atoms with Crippen molar-refractivity contribution in [1.29, 1.82) is 0 Å². The van der Waals surface area contributed by atoms with E-state index in [4.69, 9.17) is 9.47 Å². The van der Waals surface area contributed by atoms with Gasteiger partial charge in [-0.3, -0.25) is 10.2 Å². The Kier molecular flexibility index (Phi) is 3.43. The van der Waals surface area contributed by atoms with Gasteiger partial charge in [0.1, 0.15) is 6.04 Å². The number of hydrogen-bond acceptors (Lipinski definition) is 5. The van der Waals surface area contributed by atoms with Crippen LogP contribution in [0.1, 0.15) is 24.8 Å². The first-order chi connectivity index (χ1) is 10.7. The highest BCUT2D eigenvalue weighted by Gasteiger charge is 2.39. The van der Waals surface area contributed by atoms with Gasteiger partial charge >= 0.3 is 0 Å². The second kappa shape index (κ2) is 5.44. The lowest BCUT2D eigenvalue weighted by Crippen LogP contribution is -2.44. The second-order valence-electron chi connectivity index (χ2n) is 6.40. The zero-order valence-electron chi connectivity index (χ0n) is 12.7. The van der Waals surface area contributed by atoms with Crippen molar-refractivity contribution in [3.8, 4) is 11.5 Å². The highest BCUT2D eigenvalue weighted by Crippen LogP contribution is 2.36. The van der Waals surface area contributed by atoms with E-state index in [1.807, 2.05) is 25.2 Å². The third-order valence-electron chi connectivity index (χ3n) is 4.65. The molecule has 2 N–H and O–H groups in total. The van der Waals surface area contributed by atoms with Gasteiger partial charge < -0.3 is 14.4 Å². The lowest BCUT2D eigenvalue weighted by atomic mass is 10.1. The highest BCUT2D eigenvalue weighted by atomic mass is 16.7. The Labute approximate surface area is 129 Å². The van der Waals surface area contributed by atoms with E-state index in [1.54, 1.807) is 4.90 Å². The third-order valence-corrected chi connectivity index (χ3v) is 4.65. The maximum Gasteiger partial charge on any atom is 0.241 e. The number of hydrazine groups is 1. The molecule has 1 amide bonds. The van der Waals surface area contributed by atoms with E-state index in [9.17, 15) is 4.79 Å². The van der Waals surface area contributed by atoms with Crippen LogP contribution in [0, 0.1) is 5.92 Å². The van der Waals surface area contributed by atoms with Gasteiger partial charge in [-0.15, -0.1) is 0 Å². The molecule has 1 aromatic rings. The van der Waals surface area contributed by atoms with E-state index in [0.29, 0.717) is 12.6 Å². The van der Waals surface area contributed by atoms with Crippen LogP contribution in [0.25, 0.3) is 0 Å². The molecule has 2 heterocycles. The van der Waals surface area contributed by atoms with Gasteiger partial charge in [-0.05, 0) is 42.9 Å². The zero-order valence-corrected chi connectivity index (χ0v) is 12.7. The zero-order chi connectivity index (χ0) is 15.1. The Hall–Kier alpha value is -1.79. The fraction of sp³-hybridized carbons (Fsp3) is 0.562. The third kappa shape index (κ3) is 2.64. The molecule has 1 aliphatic carbocycles. The number of hydrogen-bond donors (Lipinski definition) is 2. The number of fused-ring (bicyclic) bond motifs is 1. The van der Waals surface area contributed by atoms with Crippen molar-refractivity contribution in [3.63, 3.8) is 0 Å². The summed E-state index contributed by atoms with van der Waals surface area (Å²) < 4.78 is 10.7. The lowest BCUT2D eigenvalue weighted by Gasteiger charge is -2.21. The number of rotatable bonds is 4. The summed E-state index contributed by atoms with van der Waals surface area (Å²) in [7, 11) is 1.85. The molecule has 0 aromatic heterocycles. The Morgan fingerprint density at radius 2 is 2.09 bits per heavy atom. The fourth-order valence-electron chi connectivity index (χ4n) is 3.21. The van der Waals surface area contributed by atoms with Crippen molar-refractivity contribution >= 4 is 5.91 Å². The minimum Gasteiger partial charge on any atom is -0.454 e. The molecular weight excluding hydrogens is 282 g/mol. The molecule has 0 bridgehead atoms. The molecule has 0 radical (unpaired) electrons. The summed E-state index contributed by atoms with van der Waals surface area (Å²) in [6.45, 7) is 0.843. The summed E-state index contributed by atoms with van der Waals surface area (Å²) >= 11 is 0. The summed E-state index contributed by atoms with van der Waals surface area (Å²) in [5.41, 5.74) is 7.46. The van der Waals surface area contributed by atoms with Gasteiger partial charge in [0, 0.05) is 19.6 Å². The van der Waals surface area contributed by atoms with Crippen molar-refractivity contribution in [3.05, 3.63) is 23.8 Å². The Morgan fingerprint density at radius 3 is 2.91 bits per heavy atom. The number of carbonyl (C=O) groups is 1. The standard InChI is InChI=1S/C16H21N3O3/c1-19(8-10-2-5-14-15(6-10)22-9-21-14)16(20)13-7-12(17-18-13)11-3-4-11/h2,5-6,11-13,17-18H,3-4,7-9H2,1H3. The fourth-order valence-corrected chi connectivity index (χ4v) is 3.21. The number of nitrogens with zero attached hydrogens (tertiary/aromatic N) is 1. The van der Waals surface area contributed by atoms with Gasteiger partial charge in [-0.1, -0.05) is 6.07 Å². The van der Waals surface area contributed by atoms with Gasteiger partial charge in [0.2, 0.25) is 12.7 Å². The van der Waals surface area contributed by atoms with E-state index in [0.717, 1.165) is 29.4 Å². The van der Waals surface area contributed by atoms with Crippen LogP contribution in [0.5, 0.6) is 11.5 Å². The van der Waals surface area contributed by atoms with Gasteiger partial charge in [-0.2, -0.15) is 0 Å². The predicted octanol–water partition coefficient (Wildman–Crippen LogP) is 1.02. The number of likely N-dealkylation sites (N-methyl/N-ethyl adjacent to an activating group) is 1. The summed E-state index contributed by atoms with van der Waals surface area (Å²) in [5, 5.41) is 0. The summed E-state index contributed by atoms with van der Waals surface area (Å²) in [6.07, 6.45) is 3.45. The number of carbonyl (C=O) groups excluding carboxylic acids is 1. The number of ether oxygens (including phenoxy) is 2. The molecule has 22 heavy (non-hydrogen) atoms. The molecule has 1 saturated carbocycles. The summed E-state index contributed by atoms with van der Waals surface area (Å²) in [4.78, 5) is 14.3. The van der Waals surface area contributed by atoms with Crippen LogP contribution in [-0.2, 0) is 11.3 Å². The minimum atomic E-state index is -0.121. The summed E-state index contributed by atoms with van der Waals surface area (Å²) in [6, 6.07) is 6.15. The van der Waals surface area contributed by atoms with E-state index in [1.165, 1.54) is 12.8 Å². The molecule has 4 rings (SSSR count). The quantitative estimate of drug-likeness (QED) is 0.869. The molecule has 1 saturated heterocycles. The molecule has 2 atom stereocenters. The van der Waals surface area contributed by atoms with Crippen LogP contribution < -0.4 is 20.3 Å². The lowest BCUT2D eigenvalue weighted by molar-refractivity contribution is -0.132. The van der Waals surface area contributed by atoms with Gasteiger partial charge in [0.05, 0.1) is 0 Å². The van der Waals surface area contributed by atoms with Crippen molar-refractivity contribution in [2.24, 2.45) is 5.92 Å². The van der Waals surface area contributed by atoms with Gasteiger partial charge in [-0.25, -0.2) is 5.43 Å². The van der Waals surface area contributed by atoms with Crippen LogP contribution in [-0.4, -0.2) is 36.7 Å². The summed E-state index contributed by atoms with van der Waals surface area (Å²) in [5.74, 6) is 2.41. The van der Waals surface area contributed by atoms with E-state index < -0.39 is 0 Å². The van der Waals surface area contributed by atoms with Crippen molar-refractivity contribution < 1.29 is 14.3 Å². The molecule has 2 fully saturated rings. The molecule has 2 unspecified atom stereocenters. The second-order valence-corrected chi connectivity index (χ2v) is 6.40. The Bertz CT molecular complexity index is 588. The molecule has 1 aromatic carbocycles. The average Bonchev–Trinajstić information content (AvgIpc) is 3.08. The number of nitrogens with one attached hydrogen (secondary N) is 2. The number of amides is 1. The van der Waals surface area contributed by atoms with Gasteiger partial charge in [0.25, 0.3) is 0 Å². The Balaban J connectivity index is 1.37. The normalized spacial score (nSPS) is 26.2. The highest BCUT2D eigenvalue weighted by molar-refractivity contribution is 5.82. The van der Waals surface area contributed by atoms with Gasteiger partial charge in [0.15, 0.2) is 11.5 Å². The van der Waals surface area contributed by atoms with Crippen LogP contribution in [0.15, 0.2) is 18.2 Å². The molecule has 6 heteroatoms. The average molecular weight is 303 g/mol. The molecule has 6 nitrogen and oxygen atoms in total. The van der Waals surface area contributed by atoms with Crippen molar-refractivity contribution in [1.82, 2.24) is 15.8 Å². The maximum atomic E-state index is 12.5. The first-order valence-electron chi connectivity index (χ1n) is 7.85. The molecule has 2 aliphatic heterocycles. The monoisotopic (exact) mass is 303 g/mol. The predicted molar refractivity (Wildman–Crippen MR) is 80.2 cm³/mol. The van der Waals surface area contributed by atoms with Crippen molar-refractivity contribution in [2.75, 3.05) is 13.8 Å². The number of benzene rings is 1. The van der Waals surface area contributed by atoms with E-state index in [2.05, 4.69) is 10.9 Å². The van der Waals surface area contributed by atoms with Crippen LogP contribution >= 0.6 is 0 Å². The SMILES string of the molecule is CN(Cc1ccc2c(c1)OCO2)C(=O)C1CC(C2CC2)NN1. The Morgan fingerprint density at radius 1 is 1.27 bits per heavy atom. The maximum absolute atomic E-state index is 12.5. The van der Waals surface area contributed by atoms with E-state index >= 15 is 0 Å². The largest absolute Gasteiger partial charge is 0.454 e. The molecule has 0 spiro atoms. The smallest absolute Gasteiger partial charge is 0.241 e. The molecule has 3 aliphatic rings. The minimum absolute atomic E-state index is 0.121. The van der Waals surface area contributed by atoms with E-state index in [-0.39, 0.29) is 18.7 Å². The first-order valence-corrected chi connectivity index (χ1v) is 7.85. The molecule has 118 valence electrons. The topological polar surface area (TPSA) is 62.8 Å². The first kappa shape index (κ1) is 13.8. The van der Waals surface area contributed by atoms with Crippen LogP contribution in [0.3, 0.4) is 0 Å². The van der Waals surface area contributed by atoms with Crippen LogP contribution in [0.2, 0.25) is 0 Å².